The van der Waals surface area contributed by atoms with Gasteiger partial charge in [-0.1, -0.05) is 6.07 Å². The molecule has 2 aliphatic heterocycles. The highest BCUT2D eigenvalue weighted by Gasteiger charge is 2.60. The fourth-order valence-corrected chi connectivity index (χ4v) is 3.12. The summed E-state index contributed by atoms with van der Waals surface area (Å²) in [5.41, 5.74) is -1.69. The lowest BCUT2D eigenvalue weighted by atomic mass is 9.71. The van der Waals surface area contributed by atoms with Gasteiger partial charge in [-0.15, -0.1) is 0 Å². The first-order chi connectivity index (χ1) is 9.93. The van der Waals surface area contributed by atoms with Crippen molar-refractivity contribution in [1.29, 1.82) is 0 Å². The molecule has 21 heavy (non-hydrogen) atoms. The average Bonchev–Trinajstić information content (AvgIpc) is 2.81. The van der Waals surface area contributed by atoms with Gasteiger partial charge in [-0.3, -0.25) is 4.79 Å². The summed E-state index contributed by atoms with van der Waals surface area (Å²) in [4.78, 5) is 22.3. The lowest BCUT2D eigenvalue weighted by Crippen LogP contribution is -2.57. The number of carbonyl (C=O) groups is 2. The van der Waals surface area contributed by atoms with Gasteiger partial charge >= 0.3 is 5.97 Å². The van der Waals surface area contributed by atoms with E-state index in [1.165, 1.54) is 12.1 Å². The third-order valence-electron chi connectivity index (χ3n) is 4.30. The van der Waals surface area contributed by atoms with E-state index < -0.39 is 23.9 Å². The van der Waals surface area contributed by atoms with E-state index in [0.717, 1.165) is 0 Å². The third-order valence-corrected chi connectivity index (χ3v) is 4.30. The molecule has 0 amide bonds. The van der Waals surface area contributed by atoms with Gasteiger partial charge in [0.2, 0.25) is 0 Å². The molecule has 3 rings (SSSR count). The molecule has 2 heterocycles. The molecule has 1 unspecified atom stereocenters. The molecular formula is C14H13F2NO4. The number of ether oxygens (including phenoxy) is 1. The quantitative estimate of drug-likeness (QED) is 0.808. The number of carboxylic acid groups (broad SMARTS) is 1. The van der Waals surface area contributed by atoms with Gasteiger partial charge in [0, 0.05) is 5.56 Å². The number of halogens is 2. The second-order valence-corrected chi connectivity index (χ2v) is 5.33. The minimum Gasteiger partial charge on any atom is -0.491 e. The number of piperidine rings is 1. The summed E-state index contributed by atoms with van der Waals surface area (Å²) in [6, 6.07) is 2.54. The molecule has 0 radical (unpaired) electrons. The van der Waals surface area contributed by atoms with Gasteiger partial charge in [-0.25, -0.2) is 13.6 Å². The van der Waals surface area contributed by atoms with E-state index in [-0.39, 0.29) is 35.5 Å². The van der Waals surface area contributed by atoms with E-state index in [9.17, 15) is 18.4 Å². The second-order valence-electron chi connectivity index (χ2n) is 5.33. The molecule has 2 aliphatic rings. The normalized spacial score (nSPS) is 26.2. The summed E-state index contributed by atoms with van der Waals surface area (Å²) in [7, 11) is 0. The van der Waals surface area contributed by atoms with Crippen LogP contribution in [0.4, 0.5) is 8.78 Å². The van der Waals surface area contributed by atoms with Crippen LogP contribution in [-0.2, 0) is 5.41 Å². The Morgan fingerprint density at radius 2 is 2.19 bits per heavy atom. The topological polar surface area (TPSA) is 75.6 Å². The molecule has 0 bridgehead atoms. The molecule has 1 spiro atoms. The maximum Gasteiger partial charge on any atom is 0.336 e. The van der Waals surface area contributed by atoms with Crippen LogP contribution in [0.2, 0.25) is 0 Å². The second kappa shape index (κ2) is 4.49. The molecule has 7 heteroatoms. The zero-order valence-corrected chi connectivity index (χ0v) is 11.0. The number of nitrogens with one attached hydrogen (secondary N) is 1. The van der Waals surface area contributed by atoms with Crippen molar-refractivity contribution in [2.45, 2.75) is 17.8 Å². The molecule has 0 aromatic heterocycles. The molecule has 1 aromatic carbocycles. The van der Waals surface area contributed by atoms with Crippen molar-refractivity contribution < 1.29 is 28.2 Å². The Morgan fingerprint density at radius 3 is 2.81 bits per heavy atom. The minimum absolute atomic E-state index is 0.0218. The van der Waals surface area contributed by atoms with Crippen LogP contribution in [0, 0.1) is 0 Å². The third kappa shape index (κ3) is 1.77. The standard InChI is InChI=1S/C14H13F2NO4/c15-14(16)6-17-4-3-13(14)7-21-11-9(5-18)8(12(19)20)1-2-10(11)13/h1-2,5,17H,3-4,6-7H2,(H,19,20). The summed E-state index contributed by atoms with van der Waals surface area (Å²) in [5.74, 6) is -4.34. The zero-order valence-electron chi connectivity index (χ0n) is 11.0. The van der Waals surface area contributed by atoms with Crippen LogP contribution < -0.4 is 10.1 Å². The molecular weight excluding hydrogens is 284 g/mol. The number of carbonyl (C=O) groups excluding carboxylic acids is 1. The molecule has 2 N–H and O–H groups in total. The van der Waals surface area contributed by atoms with Gasteiger partial charge in [-0.05, 0) is 19.0 Å². The number of rotatable bonds is 2. The molecule has 1 aromatic rings. The van der Waals surface area contributed by atoms with Crippen LogP contribution in [0.5, 0.6) is 5.75 Å². The number of hydrogen-bond acceptors (Lipinski definition) is 4. The fourth-order valence-electron chi connectivity index (χ4n) is 3.12. The first-order valence-corrected chi connectivity index (χ1v) is 6.50. The SMILES string of the molecule is O=Cc1c(C(=O)O)ccc2c1OCC21CCNCC1(F)F. The highest BCUT2D eigenvalue weighted by molar-refractivity contribution is 5.99. The molecule has 112 valence electrons. The monoisotopic (exact) mass is 297 g/mol. The number of alkyl halides is 2. The number of hydrogen-bond donors (Lipinski definition) is 2. The maximum absolute atomic E-state index is 14.4. The van der Waals surface area contributed by atoms with Crippen molar-refractivity contribution in [2.75, 3.05) is 19.7 Å². The van der Waals surface area contributed by atoms with E-state index in [4.69, 9.17) is 9.84 Å². The van der Waals surface area contributed by atoms with Crippen molar-refractivity contribution in [1.82, 2.24) is 5.32 Å². The van der Waals surface area contributed by atoms with Gasteiger partial charge in [0.25, 0.3) is 5.92 Å². The van der Waals surface area contributed by atoms with Gasteiger partial charge < -0.3 is 15.2 Å². The van der Waals surface area contributed by atoms with Gasteiger partial charge in [0.1, 0.15) is 12.4 Å². The summed E-state index contributed by atoms with van der Waals surface area (Å²) in [6.45, 7) is -0.302. The van der Waals surface area contributed by atoms with Gasteiger partial charge in [-0.2, -0.15) is 0 Å². The van der Waals surface area contributed by atoms with Gasteiger partial charge in [0.05, 0.1) is 23.1 Å². The summed E-state index contributed by atoms with van der Waals surface area (Å²) >= 11 is 0. The Bertz CT molecular complexity index is 632. The van der Waals surface area contributed by atoms with Crippen molar-refractivity contribution in [3.8, 4) is 5.75 Å². The molecule has 1 saturated heterocycles. The smallest absolute Gasteiger partial charge is 0.336 e. The molecule has 0 saturated carbocycles. The van der Waals surface area contributed by atoms with E-state index in [2.05, 4.69) is 5.32 Å². The fraction of sp³-hybridized carbons (Fsp3) is 0.429. The highest BCUT2D eigenvalue weighted by Crippen LogP contribution is 2.52. The Hall–Kier alpha value is -2.02. The Labute approximate surface area is 118 Å². The van der Waals surface area contributed by atoms with Crippen molar-refractivity contribution in [3.05, 3.63) is 28.8 Å². The first kappa shape index (κ1) is 13.9. The van der Waals surface area contributed by atoms with E-state index >= 15 is 0 Å². The van der Waals surface area contributed by atoms with E-state index in [0.29, 0.717) is 12.8 Å². The number of aldehydes is 1. The van der Waals surface area contributed by atoms with Crippen molar-refractivity contribution in [3.63, 3.8) is 0 Å². The highest BCUT2D eigenvalue weighted by atomic mass is 19.3. The number of aromatic carboxylic acids is 1. The molecule has 1 fully saturated rings. The lowest BCUT2D eigenvalue weighted by Gasteiger charge is -2.40. The number of carboxylic acids is 1. The predicted molar refractivity (Wildman–Crippen MR) is 68.4 cm³/mol. The van der Waals surface area contributed by atoms with Gasteiger partial charge in [0.15, 0.2) is 6.29 Å². The largest absolute Gasteiger partial charge is 0.491 e. The van der Waals surface area contributed by atoms with Crippen LogP contribution >= 0.6 is 0 Å². The minimum atomic E-state index is -3.03. The molecule has 0 aliphatic carbocycles. The number of fused-ring (bicyclic) bond motifs is 2. The van der Waals surface area contributed by atoms with Crippen molar-refractivity contribution in [2.24, 2.45) is 0 Å². The van der Waals surface area contributed by atoms with Crippen LogP contribution in [0.3, 0.4) is 0 Å². The van der Waals surface area contributed by atoms with E-state index in [1.807, 2.05) is 0 Å². The van der Waals surface area contributed by atoms with Crippen LogP contribution in [0.15, 0.2) is 12.1 Å². The van der Waals surface area contributed by atoms with E-state index in [1.54, 1.807) is 0 Å². The average molecular weight is 297 g/mol. The Morgan fingerprint density at radius 1 is 1.43 bits per heavy atom. The van der Waals surface area contributed by atoms with Crippen LogP contribution in [0.1, 0.15) is 32.7 Å². The van der Waals surface area contributed by atoms with Crippen LogP contribution in [0.25, 0.3) is 0 Å². The summed E-state index contributed by atoms with van der Waals surface area (Å²) in [6.07, 6.45) is 0.512. The van der Waals surface area contributed by atoms with Crippen molar-refractivity contribution >= 4 is 12.3 Å². The number of benzene rings is 1. The lowest BCUT2D eigenvalue weighted by molar-refractivity contribution is -0.0999. The maximum atomic E-state index is 14.4. The summed E-state index contributed by atoms with van der Waals surface area (Å²) in [5, 5.41) is 11.7. The predicted octanol–water partition coefficient (Wildman–Crippen LogP) is 1.46. The molecule has 1 atom stereocenters. The first-order valence-electron chi connectivity index (χ1n) is 6.50. The Balaban J connectivity index is 2.20. The summed E-state index contributed by atoms with van der Waals surface area (Å²) < 4.78 is 34.1. The molecule has 5 nitrogen and oxygen atoms in total. The zero-order chi connectivity index (χ0) is 15.3. The van der Waals surface area contributed by atoms with Crippen LogP contribution in [-0.4, -0.2) is 43.0 Å². The Kier molecular flexibility index (Phi) is 2.98.